The van der Waals surface area contributed by atoms with Crippen LogP contribution < -0.4 is 0 Å². The van der Waals surface area contributed by atoms with Crippen molar-refractivity contribution in [1.82, 2.24) is 0 Å². The first-order valence-electron chi connectivity index (χ1n) is 11.3. The Labute approximate surface area is 202 Å². The van der Waals surface area contributed by atoms with E-state index in [0.29, 0.717) is 18.6 Å². The van der Waals surface area contributed by atoms with Crippen LogP contribution in [0.2, 0.25) is 0 Å². The van der Waals surface area contributed by atoms with E-state index in [2.05, 4.69) is 0 Å². The van der Waals surface area contributed by atoms with Crippen molar-refractivity contribution in [3.63, 3.8) is 0 Å². The zero-order chi connectivity index (χ0) is 26.1. The second-order valence-electron chi connectivity index (χ2n) is 9.06. The lowest BCUT2D eigenvalue weighted by molar-refractivity contribution is -0.137. The molecule has 0 saturated heterocycles. The summed E-state index contributed by atoms with van der Waals surface area (Å²) in [5.74, 6) is -1.91. The van der Waals surface area contributed by atoms with Crippen LogP contribution in [0.5, 0.6) is 0 Å². The highest BCUT2D eigenvalue weighted by Gasteiger charge is 2.42. The SMILES string of the molecule is CCCS(=O)(=O)C1CCC(CCS(=O)(=O)c2ccc(C(F)(F)F)cc2)(c2cc(F)ccc2F)CC1. The Hall–Kier alpha value is -2.01. The van der Waals surface area contributed by atoms with Gasteiger partial charge in [-0.25, -0.2) is 25.6 Å². The van der Waals surface area contributed by atoms with Gasteiger partial charge in [-0.15, -0.1) is 0 Å². The number of hydrogen-bond donors (Lipinski definition) is 0. The summed E-state index contributed by atoms with van der Waals surface area (Å²) in [5, 5.41) is -0.640. The van der Waals surface area contributed by atoms with E-state index < -0.39 is 59.5 Å². The smallest absolute Gasteiger partial charge is 0.229 e. The van der Waals surface area contributed by atoms with Crippen molar-refractivity contribution in [1.29, 1.82) is 0 Å². The van der Waals surface area contributed by atoms with E-state index in [1.807, 2.05) is 0 Å². The van der Waals surface area contributed by atoms with Crippen molar-refractivity contribution in [2.45, 2.75) is 67.2 Å². The highest BCUT2D eigenvalue weighted by atomic mass is 32.2. The van der Waals surface area contributed by atoms with Crippen molar-refractivity contribution in [3.8, 4) is 0 Å². The Morgan fingerprint density at radius 3 is 2.06 bits per heavy atom. The molecule has 4 nitrogen and oxygen atoms in total. The maximum Gasteiger partial charge on any atom is 0.416 e. The normalized spacial score (nSPS) is 21.7. The summed E-state index contributed by atoms with van der Waals surface area (Å²) in [4.78, 5) is -0.306. The highest BCUT2D eigenvalue weighted by Crippen LogP contribution is 2.45. The maximum absolute atomic E-state index is 14.8. The molecule has 3 rings (SSSR count). The molecule has 194 valence electrons. The average Bonchev–Trinajstić information content (AvgIpc) is 2.79. The summed E-state index contributed by atoms with van der Waals surface area (Å²) in [6, 6.07) is 6.03. The van der Waals surface area contributed by atoms with E-state index >= 15 is 0 Å². The van der Waals surface area contributed by atoms with Crippen molar-refractivity contribution in [3.05, 3.63) is 65.2 Å². The topological polar surface area (TPSA) is 68.3 Å². The summed E-state index contributed by atoms with van der Waals surface area (Å²) in [5.41, 5.74) is -2.11. The Morgan fingerprint density at radius 1 is 0.914 bits per heavy atom. The minimum absolute atomic E-state index is 0.00791. The molecule has 1 saturated carbocycles. The number of hydrogen-bond acceptors (Lipinski definition) is 4. The molecule has 0 spiro atoms. The number of benzene rings is 2. The first-order chi connectivity index (χ1) is 16.2. The second-order valence-corrected chi connectivity index (χ2v) is 13.6. The van der Waals surface area contributed by atoms with Crippen LogP contribution in [0.4, 0.5) is 22.0 Å². The van der Waals surface area contributed by atoms with Crippen LogP contribution in [0, 0.1) is 11.6 Å². The predicted octanol–water partition coefficient (Wildman–Crippen LogP) is 5.85. The van der Waals surface area contributed by atoms with E-state index in [-0.39, 0.29) is 48.3 Å². The average molecular weight is 539 g/mol. The van der Waals surface area contributed by atoms with Gasteiger partial charge < -0.3 is 0 Å². The third kappa shape index (κ3) is 6.22. The number of sulfone groups is 2. The minimum atomic E-state index is -4.61. The zero-order valence-electron chi connectivity index (χ0n) is 19.1. The summed E-state index contributed by atoms with van der Waals surface area (Å²) in [6.45, 7) is 1.75. The van der Waals surface area contributed by atoms with E-state index in [0.717, 1.165) is 30.3 Å². The second kappa shape index (κ2) is 10.2. The third-order valence-electron chi connectivity index (χ3n) is 6.78. The molecule has 1 fully saturated rings. The van der Waals surface area contributed by atoms with E-state index in [1.54, 1.807) is 6.92 Å². The van der Waals surface area contributed by atoms with Crippen molar-refractivity contribution < 1.29 is 38.8 Å². The Morgan fingerprint density at radius 2 is 1.51 bits per heavy atom. The molecular formula is C24H27F5O4S2. The monoisotopic (exact) mass is 538 g/mol. The predicted molar refractivity (Wildman–Crippen MR) is 122 cm³/mol. The third-order valence-corrected chi connectivity index (χ3v) is 11.0. The Bertz CT molecular complexity index is 1250. The van der Waals surface area contributed by atoms with Gasteiger partial charge >= 0.3 is 6.18 Å². The van der Waals surface area contributed by atoms with E-state index in [9.17, 15) is 38.8 Å². The quantitative estimate of drug-likeness (QED) is 0.396. The van der Waals surface area contributed by atoms with Gasteiger partial charge in [-0.1, -0.05) is 6.92 Å². The van der Waals surface area contributed by atoms with Crippen LogP contribution in [0.1, 0.15) is 56.6 Å². The molecule has 0 aliphatic heterocycles. The molecular weight excluding hydrogens is 511 g/mol. The van der Waals surface area contributed by atoms with Gasteiger partial charge in [0.05, 0.1) is 27.2 Å². The molecule has 2 aromatic rings. The van der Waals surface area contributed by atoms with Crippen LogP contribution in [-0.2, 0) is 31.3 Å². The van der Waals surface area contributed by atoms with E-state index in [1.165, 1.54) is 0 Å². The van der Waals surface area contributed by atoms with Crippen molar-refractivity contribution in [2.75, 3.05) is 11.5 Å². The van der Waals surface area contributed by atoms with Crippen LogP contribution >= 0.6 is 0 Å². The summed E-state index contributed by atoms with van der Waals surface area (Å²) < 4.78 is 118. The van der Waals surface area contributed by atoms with Gasteiger partial charge in [0.1, 0.15) is 11.6 Å². The minimum Gasteiger partial charge on any atom is -0.229 e. The molecule has 11 heteroatoms. The van der Waals surface area contributed by atoms with Crippen LogP contribution in [-0.4, -0.2) is 33.6 Å². The van der Waals surface area contributed by atoms with Gasteiger partial charge in [-0.3, -0.25) is 0 Å². The molecule has 0 amide bonds. The van der Waals surface area contributed by atoms with Gasteiger partial charge in [0, 0.05) is 0 Å². The summed E-state index contributed by atoms with van der Waals surface area (Å²) in [7, 11) is -7.41. The standard InChI is InChI=1S/C24H27F5O4S2/c1-2-14-34(30,31)20-9-11-23(12-10-20,21-16-18(25)5-8-22(21)26)13-15-35(32,33)19-6-3-17(4-7-19)24(27,28)29/h3-8,16,20H,2,9-15H2,1H3. The molecule has 1 aliphatic rings. The summed E-state index contributed by atoms with van der Waals surface area (Å²) in [6.07, 6.45) is -3.65. The Kier molecular flexibility index (Phi) is 8.00. The van der Waals surface area contributed by atoms with Gasteiger partial charge in [0.25, 0.3) is 0 Å². The first kappa shape index (κ1) is 27.6. The molecule has 0 N–H and O–H groups in total. The van der Waals surface area contributed by atoms with Crippen LogP contribution in [0.15, 0.2) is 47.4 Å². The zero-order valence-corrected chi connectivity index (χ0v) is 20.7. The highest BCUT2D eigenvalue weighted by molar-refractivity contribution is 7.92. The number of halogens is 5. The lowest BCUT2D eigenvalue weighted by atomic mass is 9.67. The Balaban J connectivity index is 1.89. The van der Waals surface area contributed by atoms with E-state index in [4.69, 9.17) is 0 Å². The number of alkyl halides is 3. The molecule has 0 aromatic heterocycles. The maximum atomic E-state index is 14.8. The lowest BCUT2D eigenvalue weighted by Crippen LogP contribution is -2.39. The van der Waals surface area contributed by atoms with Crippen molar-refractivity contribution >= 4 is 19.7 Å². The first-order valence-corrected chi connectivity index (χ1v) is 14.6. The largest absolute Gasteiger partial charge is 0.416 e. The molecule has 35 heavy (non-hydrogen) atoms. The van der Waals surface area contributed by atoms with Crippen molar-refractivity contribution in [2.24, 2.45) is 0 Å². The molecule has 1 aliphatic carbocycles. The fraction of sp³-hybridized carbons (Fsp3) is 0.500. The van der Waals surface area contributed by atoms with Gasteiger partial charge in [-0.2, -0.15) is 13.2 Å². The van der Waals surface area contributed by atoms with Gasteiger partial charge in [0.2, 0.25) is 0 Å². The summed E-state index contributed by atoms with van der Waals surface area (Å²) >= 11 is 0. The lowest BCUT2D eigenvalue weighted by Gasteiger charge is -2.41. The molecule has 0 heterocycles. The number of rotatable bonds is 8. The fourth-order valence-corrected chi connectivity index (χ4v) is 8.11. The van der Waals surface area contributed by atoms with Gasteiger partial charge in [-0.05, 0) is 92.0 Å². The van der Waals surface area contributed by atoms with Gasteiger partial charge in [0.15, 0.2) is 19.7 Å². The molecule has 0 unspecified atom stereocenters. The molecule has 2 aromatic carbocycles. The molecule has 0 radical (unpaired) electrons. The molecule has 0 bridgehead atoms. The van der Waals surface area contributed by atoms with Crippen LogP contribution in [0.3, 0.4) is 0 Å². The fourth-order valence-electron chi connectivity index (χ4n) is 4.81. The molecule has 0 atom stereocenters. The van der Waals surface area contributed by atoms with Crippen LogP contribution in [0.25, 0.3) is 0 Å².